The second kappa shape index (κ2) is 3.67. The maximum Gasteiger partial charge on any atom is 0.262 e. The molecule has 1 aliphatic heterocycles. The molecule has 1 aromatic carbocycles. The van der Waals surface area contributed by atoms with Crippen LogP contribution in [0.3, 0.4) is 0 Å². The van der Waals surface area contributed by atoms with Gasteiger partial charge in [-0.15, -0.1) is 0 Å². The van der Waals surface area contributed by atoms with Crippen LogP contribution in [0.15, 0.2) is 18.2 Å². The lowest BCUT2D eigenvalue weighted by Crippen LogP contribution is -2.25. The Bertz CT molecular complexity index is 538. The van der Waals surface area contributed by atoms with Gasteiger partial charge < -0.3 is 10.1 Å². The van der Waals surface area contributed by atoms with E-state index in [0.29, 0.717) is 17.1 Å². The van der Waals surface area contributed by atoms with E-state index in [2.05, 4.69) is 10.0 Å². The number of hydrogen-bond donors (Lipinski definition) is 2. The van der Waals surface area contributed by atoms with Crippen LogP contribution in [0.5, 0.6) is 5.75 Å². The monoisotopic (exact) mass is 242 g/mol. The minimum absolute atomic E-state index is 0.0220. The van der Waals surface area contributed by atoms with E-state index < -0.39 is 10.0 Å². The first-order chi connectivity index (χ1) is 7.44. The van der Waals surface area contributed by atoms with Crippen LogP contribution >= 0.6 is 0 Å². The topological polar surface area (TPSA) is 84.5 Å². The average molecular weight is 242 g/mol. The third kappa shape index (κ3) is 2.43. The van der Waals surface area contributed by atoms with Crippen molar-refractivity contribution in [1.29, 1.82) is 0 Å². The van der Waals surface area contributed by atoms with Crippen LogP contribution in [0.2, 0.25) is 0 Å². The molecular formula is C9H10N2O4S. The fourth-order valence-electron chi connectivity index (χ4n) is 1.36. The summed E-state index contributed by atoms with van der Waals surface area (Å²) in [7, 11) is -3.32. The van der Waals surface area contributed by atoms with Crippen molar-refractivity contribution in [3.8, 4) is 5.75 Å². The van der Waals surface area contributed by atoms with E-state index in [1.165, 1.54) is 6.07 Å². The number of nitrogens with one attached hydrogen (secondary N) is 2. The average Bonchev–Trinajstić information content (AvgIpc) is 2.14. The van der Waals surface area contributed by atoms with E-state index >= 15 is 0 Å². The molecule has 86 valence electrons. The predicted molar refractivity (Wildman–Crippen MR) is 59.0 cm³/mol. The largest absolute Gasteiger partial charge is 0.482 e. The molecule has 0 saturated carbocycles. The highest BCUT2D eigenvalue weighted by atomic mass is 32.2. The quantitative estimate of drug-likeness (QED) is 0.785. The summed E-state index contributed by atoms with van der Waals surface area (Å²) in [6, 6.07) is 4.67. The van der Waals surface area contributed by atoms with E-state index in [-0.39, 0.29) is 12.5 Å². The lowest BCUT2D eigenvalue weighted by atomic mass is 10.2. The van der Waals surface area contributed by atoms with Gasteiger partial charge in [-0.05, 0) is 18.2 Å². The van der Waals surface area contributed by atoms with Gasteiger partial charge in [0, 0.05) is 0 Å². The molecule has 0 aliphatic carbocycles. The zero-order chi connectivity index (χ0) is 11.8. The van der Waals surface area contributed by atoms with Gasteiger partial charge in [-0.25, -0.2) is 8.42 Å². The molecule has 16 heavy (non-hydrogen) atoms. The van der Waals surface area contributed by atoms with Gasteiger partial charge in [0.15, 0.2) is 6.61 Å². The molecule has 0 unspecified atom stereocenters. The number of benzene rings is 1. The van der Waals surface area contributed by atoms with Gasteiger partial charge in [-0.2, -0.15) is 0 Å². The van der Waals surface area contributed by atoms with Crippen LogP contribution in [0.1, 0.15) is 0 Å². The molecule has 0 spiro atoms. The Morgan fingerprint density at radius 1 is 1.44 bits per heavy atom. The van der Waals surface area contributed by atoms with Gasteiger partial charge >= 0.3 is 0 Å². The van der Waals surface area contributed by atoms with Crippen molar-refractivity contribution in [1.82, 2.24) is 0 Å². The number of carbonyl (C=O) groups is 1. The van der Waals surface area contributed by atoms with E-state index in [1.807, 2.05) is 0 Å². The highest BCUT2D eigenvalue weighted by Crippen LogP contribution is 2.30. The van der Waals surface area contributed by atoms with Crippen LogP contribution in [0, 0.1) is 0 Å². The van der Waals surface area contributed by atoms with E-state index in [1.54, 1.807) is 12.1 Å². The number of anilines is 2. The van der Waals surface area contributed by atoms with Crippen molar-refractivity contribution in [3.05, 3.63) is 18.2 Å². The van der Waals surface area contributed by atoms with Crippen molar-refractivity contribution in [3.63, 3.8) is 0 Å². The molecule has 1 amide bonds. The second-order valence-electron chi connectivity index (χ2n) is 3.42. The van der Waals surface area contributed by atoms with Crippen molar-refractivity contribution in [2.45, 2.75) is 0 Å². The SMILES string of the molecule is CS(=O)(=O)Nc1ccc2c(c1)NC(=O)CO2. The maximum absolute atomic E-state index is 11.0. The summed E-state index contributed by atoms with van der Waals surface area (Å²) in [6.45, 7) is -0.0220. The first-order valence-corrected chi connectivity index (χ1v) is 6.38. The summed E-state index contributed by atoms with van der Waals surface area (Å²) in [4.78, 5) is 11.0. The molecule has 0 atom stereocenters. The van der Waals surface area contributed by atoms with Crippen molar-refractivity contribution >= 4 is 27.3 Å². The number of hydrogen-bond acceptors (Lipinski definition) is 4. The molecule has 0 aromatic heterocycles. The van der Waals surface area contributed by atoms with E-state index in [0.717, 1.165) is 6.26 Å². The van der Waals surface area contributed by atoms with Crippen molar-refractivity contribution in [2.75, 3.05) is 22.9 Å². The minimum atomic E-state index is -3.32. The fraction of sp³-hybridized carbons (Fsp3) is 0.222. The Balaban J connectivity index is 2.31. The number of ether oxygens (including phenoxy) is 1. The van der Waals surface area contributed by atoms with Crippen LogP contribution in [-0.4, -0.2) is 27.2 Å². The Morgan fingerprint density at radius 2 is 2.19 bits per heavy atom. The van der Waals surface area contributed by atoms with Crippen LogP contribution < -0.4 is 14.8 Å². The van der Waals surface area contributed by atoms with Gasteiger partial charge in [0.1, 0.15) is 5.75 Å². The van der Waals surface area contributed by atoms with Gasteiger partial charge in [-0.3, -0.25) is 9.52 Å². The summed E-state index contributed by atoms with van der Waals surface area (Å²) in [5, 5.41) is 2.59. The molecular weight excluding hydrogens is 232 g/mol. The van der Waals surface area contributed by atoms with Gasteiger partial charge in [0.25, 0.3) is 5.91 Å². The Labute approximate surface area is 92.7 Å². The second-order valence-corrected chi connectivity index (χ2v) is 5.17. The van der Waals surface area contributed by atoms with E-state index in [9.17, 15) is 13.2 Å². The number of amides is 1. The van der Waals surface area contributed by atoms with Crippen LogP contribution in [-0.2, 0) is 14.8 Å². The number of sulfonamides is 1. The highest BCUT2D eigenvalue weighted by molar-refractivity contribution is 7.92. The first-order valence-electron chi connectivity index (χ1n) is 4.48. The maximum atomic E-state index is 11.0. The molecule has 0 radical (unpaired) electrons. The van der Waals surface area contributed by atoms with Crippen molar-refractivity contribution in [2.24, 2.45) is 0 Å². The lowest BCUT2D eigenvalue weighted by molar-refractivity contribution is -0.118. The van der Waals surface area contributed by atoms with Gasteiger partial charge in [-0.1, -0.05) is 0 Å². The normalized spacial score (nSPS) is 14.7. The molecule has 1 aromatic rings. The summed E-state index contributed by atoms with van der Waals surface area (Å²) in [5.74, 6) is 0.266. The standard InChI is InChI=1S/C9H10N2O4S/c1-16(13,14)11-6-2-3-8-7(4-6)10-9(12)5-15-8/h2-4,11H,5H2,1H3,(H,10,12). The number of rotatable bonds is 2. The van der Waals surface area contributed by atoms with Crippen LogP contribution in [0.25, 0.3) is 0 Å². The fourth-order valence-corrected chi connectivity index (χ4v) is 1.92. The smallest absolute Gasteiger partial charge is 0.262 e. The summed E-state index contributed by atoms with van der Waals surface area (Å²) in [6.07, 6.45) is 1.06. The number of carbonyl (C=O) groups excluding carboxylic acids is 1. The molecule has 0 saturated heterocycles. The third-order valence-corrected chi connectivity index (χ3v) is 2.52. The Hall–Kier alpha value is -1.76. The summed E-state index contributed by atoms with van der Waals surface area (Å²) < 4.78 is 29.4. The molecule has 2 rings (SSSR count). The van der Waals surface area contributed by atoms with Gasteiger partial charge in [0.05, 0.1) is 17.6 Å². The lowest BCUT2D eigenvalue weighted by Gasteiger charge is -2.18. The van der Waals surface area contributed by atoms with E-state index in [4.69, 9.17) is 4.74 Å². The van der Waals surface area contributed by atoms with Gasteiger partial charge in [0.2, 0.25) is 10.0 Å². The number of fused-ring (bicyclic) bond motifs is 1. The molecule has 2 N–H and O–H groups in total. The third-order valence-electron chi connectivity index (χ3n) is 1.92. The highest BCUT2D eigenvalue weighted by Gasteiger charge is 2.16. The zero-order valence-corrected chi connectivity index (χ0v) is 9.30. The molecule has 0 fully saturated rings. The minimum Gasteiger partial charge on any atom is -0.482 e. The zero-order valence-electron chi connectivity index (χ0n) is 8.48. The summed E-state index contributed by atoms with van der Waals surface area (Å²) in [5.41, 5.74) is 0.844. The van der Waals surface area contributed by atoms with Crippen LogP contribution in [0.4, 0.5) is 11.4 Å². The molecule has 7 heteroatoms. The predicted octanol–water partition coefficient (Wildman–Crippen LogP) is 0.389. The Morgan fingerprint density at radius 3 is 2.88 bits per heavy atom. The Kier molecular flexibility index (Phi) is 2.47. The molecule has 1 heterocycles. The molecule has 1 aliphatic rings. The molecule has 6 nitrogen and oxygen atoms in total. The summed E-state index contributed by atoms with van der Waals surface area (Å²) >= 11 is 0. The van der Waals surface area contributed by atoms with Crippen molar-refractivity contribution < 1.29 is 17.9 Å². The molecule has 0 bridgehead atoms. The first kappa shape index (κ1) is 10.7.